The van der Waals surface area contributed by atoms with Gasteiger partial charge in [-0.1, -0.05) is 35.5 Å². The molecular weight excluding hydrogens is 266 g/mol. The Kier molecular flexibility index (Phi) is 2.64. The van der Waals surface area contributed by atoms with Gasteiger partial charge in [-0.05, 0) is 18.2 Å². The summed E-state index contributed by atoms with van der Waals surface area (Å²) in [5.41, 5.74) is 3.38. The molecule has 0 radical (unpaired) electrons. The van der Waals surface area contributed by atoms with Crippen molar-refractivity contribution in [2.75, 3.05) is 0 Å². The Morgan fingerprint density at radius 1 is 1.10 bits per heavy atom. The highest BCUT2D eigenvalue weighted by Gasteiger charge is 2.27. The number of aromatic amines is 1. The Hall–Kier alpha value is -2.82. The van der Waals surface area contributed by atoms with Crippen LogP contribution in [0.15, 0.2) is 53.7 Å². The quantitative estimate of drug-likeness (QED) is 0.757. The minimum absolute atomic E-state index is 0.226. The van der Waals surface area contributed by atoms with Gasteiger partial charge in [0.25, 0.3) is 0 Å². The summed E-state index contributed by atoms with van der Waals surface area (Å²) in [6.07, 6.45) is 0.312. The molecule has 0 aliphatic carbocycles. The van der Waals surface area contributed by atoms with E-state index in [-0.39, 0.29) is 11.9 Å². The first-order chi connectivity index (χ1) is 10.3. The molecule has 1 aromatic heterocycles. The summed E-state index contributed by atoms with van der Waals surface area (Å²) < 4.78 is 0. The van der Waals surface area contributed by atoms with E-state index in [1.165, 1.54) is 0 Å². The van der Waals surface area contributed by atoms with Gasteiger partial charge in [0, 0.05) is 12.0 Å². The summed E-state index contributed by atoms with van der Waals surface area (Å²) in [6, 6.07) is 15.0. The van der Waals surface area contributed by atoms with Crippen LogP contribution in [0.25, 0.3) is 11.0 Å². The molecule has 5 nitrogen and oxygen atoms in total. The van der Waals surface area contributed by atoms with Crippen molar-refractivity contribution in [2.45, 2.75) is 12.5 Å². The lowest BCUT2D eigenvalue weighted by atomic mass is 10.0. The number of hydrogen-bond acceptors (Lipinski definition) is 4. The van der Waals surface area contributed by atoms with Gasteiger partial charge >= 0.3 is 0 Å². The molecule has 21 heavy (non-hydrogen) atoms. The predicted octanol–water partition coefficient (Wildman–Crippen LogP) is 3.13. The number of phenolic OH excluding ortho intramolecular Hbond substituents is 1. The van der Waals surface area contributed by atoms with E-state index in [9.17, 15) is 5.11 Å². The molecule has 0 spiro atoms. The maximum atomic E-state index is 9.89. The average molecular weight is 279 g/mol. The van der Waals surface area contributed by atoms with Crippen LogP contribution in [-0.2, 0) is 4.84 Å². The zero-order valence-electron chi connectivity index (χ0n) is 11.2. The summed E-state index contributed by atoms with van der Waals surface area (Å²) in [5, 5.41) is 14.0. The highest BCUT2D eigenvalue weighted by Crippen LogP contribution is 2.34. The molecule has 1 atom stereocenters. The molecule has 3 aromatic rings. The number of para-hydroxylation sites is 3. The lowest BCUT2D eigenvalue weighted by molar-refractivity contribution is 0.0838. The highest BCUT2D eigenvalue weighted by molar-refractivity contribution is 6.00. The molecule has 2 heterocycles. The van der Waals surface area contributed by atoms with E-state index < -0.39 is 0 Å². The van der Waals surface area contributed by atoms with Crippen LogP contribution >= 0.6 is 0 Å². The van der Waals surface area contributed by atoms with E-state index in [0.29, 0.717) is 12.2 Å². The molecule has 2 N–H and O–H groups in total. The van der Waals surface area contributed by atoms with Gasteiger partial charge in [0.1, 0.15) is 11.5 Å². The molecule has 1 unspecified atom stereocenters. The fraction of sp³-hybridized carbons (Fsp3) is 0.125. The molecule has 0 saturated carbocycles. The van der Waals surface area contributed by atoms with Crippen molar-refractivity contribution in [3.05, 3.63) is 59.9 Å². The largest absolute Gasteiger partial charge is 0.508 e. The minimum atomic E-state index is -0.269. The summed E-state index contributed by atoms with van der Waals surface area (Å²) in [6.45, 7) is 0. The number of nitrogens with one attached hydrogen (secondary N) is 1. The van der Waals surface area contributed by atoms with Crippen LogP contribution in [0.2, 0.25) is 0 Å². The molecule has 104 valence electrons. The van der Waals surface area contributed by atoms with Crippen LogP contribution in [0, 0.1) is 0 Å². The number of aromatic nitrogens is 2. The van der Waals surface area contributed by atoms with Crippen molar-refractivity contribution >= 4 is 16.7 Å². The minimum Gasteiger partial charge on any atom is -0.508 e. The second-order valence-corrected chi connectivity index (χ2v) is 5.00. The SMILES string of the molecule is Oc1ccccc1C1CC(c2nc3ccccc3[nH]2)=NO1. The number of oxime groups is 1. The fourth-order valence-corrected chi connectivity index (χ4v) is 2.53. The second kappa shape index (κ2) is 4.63. The van der Waals surface area contributed by atoms with Crippen molar-refractivity contribution in [3.8, 4) is 5.75 Å². The number of hydrogen-bond donors (Lipinski definition) is 2. The average Bonchev–Trinajstić information content (AvgIpc) is 3.14. The number of aromatic hydroxyl groups is 1. The van der Waals surface area contributed by atoms with Crippen molar-refractivity contribution in [1.29, 1.82) is 0 Å². The highest BCUT2D eigenvalue weighted by atomic mass is 16.6. The number of phenols is 1. The number of fused-ring (bicyclic) bond motifs is 1. The Labute approximate surface area is 120 Å². The topological polar surface area (TPSA) is 70.5 Å². The van der Waals surface area contributed by atoms with Crippen molar-refractivity contribution in [1.82, 2.24) is 9.97 Å². The van der Waals surface area contributed by atoms with Gasteiger partial charge in [0.05, 0.1) is 11.0 Å². The first-order valence-electron chi connectivity index (χ1n) is 6.77. The molecule has 2 aromatic carbocycles. The van der Waals surface area contributed by atoms with Gasteiger partial charge in [-0.3, -0.25) is 0 Å². The summed E-state index contributed by atoms with van der Waals surface area (Å²) in [4.78, 5) is 13.2. The first kappa shape index (κ1) is 12.0. The molecular formula is C16H13N3O2. The van der Waals surface area contributed by atoms with E-state index >= 15 is 0 Å². The van der Waals surface area contributed by atoms with Gasteiger partial charge in [0.2, 0.25) is 0 Å². The Morgan fingerprint density at radius 3 is 2.76 bits per heavy atom. The van der Waals surface area contributed by atoms with Gasteiger partial charge in [0.15, 0.2) is 11.9 Å². The molecule has 0 amide bonds. The molecule has 0 bridgehead atoms. The standard InChI is InChI=1S/C16H13N3O2/c20-14-8-4-1-5-10(14)15-9-13(19-21-15)16-17-11-6-2-3-7-12(11)18-16/h1-8,15,20H,9H2,(H,17,18). The fourth-order valence-electron chi connectivity index (χ4n) is 2.53. The third-order valence-corrected chi connectivity index (χ3v) is 3.62. The van der Waals surface area contributed by atoms with Crippen molar-refractivity contribution < 1.29 is 9.94 Å². The van der Waals surface area contributed by atoms with Crippen molar-refractivity contribution in [3.63, 3.8) is 0 Å². The predicted molar refractivity (Wildman–Crippen MR) is 79.2 cm³/mol. The van der Waals surface area contributed by atoms with Crippen LogP contribution in [0.4, 0.5) is 0 Å². The molecule has 5 heteroatoms. The smallest absolute Gasteiger partial charge is 0.161 e. The van der Waals surface area contributed by atoms with E-state index in [4.69, 9.17) is 4.84 Å². The number of rotatable bonds is 2. The number of imidazole rings is 1. The third kappa shape index (κ3) is 2.03. The van der Waals surface area contributed by atoms with E-state index in [1.807, 2.05) is 36.4 Å². The van der Waals surface area contributed by atoms with E-state index in [0.717, 1.165) is 22.3 Å². The maximum absolute atomic E-state index is 9.89. The number of nitrogens with zero attached hydrogens (tertiary/aromatic N) is 2. The van der Waals surface area contributed by atoms with Gasteiger partial charge in [-0.15, -0.1) is 0 Å². The third-order valence-electron chi connectivity index (χ3n) is 3.62. The molecule has 4 rings (SSSR count). The van der Waals surface area contributed by atoms with Gasteiger partial charge in [-0.25, -0.2) is 4.98 Å². The molecule has 0 saturated heterocycles. The zero-order chi connectivity index (χ0) is 14.2. The maximum Gasteiger partial charge on any atom is 0.161 e. The zero-order valence-corrected chi connectivity index (χ0v) is 11.2. The Bertz CT molecular complexity index is 805. The van der Waals surface area contributed by atoms with Crippen LogP contribution in [0.1, 0.15) is 23.9 Å². The van der Waals surface area contributed by atoms with Crippen LogP contribution < -0.4 is 0 Å². The lowest BCUT2D eigenvalue weighted by Gasteiger charge is -2.09. The van der Waals surface area contributed by atoms with E-state index in [1.54, 1.807) is 12.1 Å². The van der Waals surface area contributed by atoms with E-state index in [2.05, 4.69) is 15.1 Å². The summed E-state index contributed by atoms with van der Waals surface area (Å²) >= 11 is 0. The first-order valence-corrected chi connectivity index (χ1v) is 6.77. The van der Waals surface area contributed by atoms with Crippen molar-refractivity contribution in [2.24, 2.45) is 5.16 Å². The van der Waals surface area contributed by atoms with Crippen LogP contribution in [-0.4, -0.2) is 20.8 Å². The number of H-pyrrole nitrogens is 1. The normalized spacial score (nSPS) is 17.7. The lowest BCUT2D eigenvalue weighted by Crippen LogP contribution is -2.03. The van der Waals surface area contributed by atoms with Gasteiger partial charge < -0.3 is 14.9 Å². The molecule has 1 aliphatic heterocycles. The monoisotopic (exact) mass is 279 g/mol. The van der Waals surface area contributed by atoms with Gasteiger partial charge in [-0.2, -0.15) is 0 Å². The van der Waals surface area contributed by atoms with Crippen LogP contribution in [0.3, 0.4) is 0 Å². The number of benzene rings is 2. The summed E-state index contributed by atoms with van der Waals surface area (Å²) in [7, 11) is 0. The molecule has 0 fully saturated rings. The molecule has 1 aliphatic rings. The second-order valence-electron chi connectivity index (χ2n) is 5.00. The Balaban J connectivity index is 1.62. The van der Waals surface area contributed by atoms with Crippen LogP contribution in [0.5, 0.6) is 5.75 Å². The summed E-state index contributed by atoms with van der Waals surface area (Å²) in [5.74, 6) is 0.942. The Morgan fingerprint density at radius 2 is 1.90 bits per heavy atom.